The first-order chi connectivity index (χ1) is 8.13. The van der Waals surface area contributed by atoms with Crippen molar-refractivity contribution < 1.29 is 9.59 Å². The Morgan fingerprint density at radius 2 is 2.06 bits per heavy atom. The Morgan fingerprint density at radius 1 is 1.41 bits per heavy atom. The summed E-state index contributed by atoms with van der Waals surface area (Å²) >= 11 is 0. The fourth-order valence-corrected chi connectivity index (χ4v) is 2.60. The summed E-state index contributed by atoms with van der Waals surface area (Å²) < 4.78 is 0. The van der Waals surface area contributed by atoms with Crippen LogP contribution >= 0.6 is 0 Å². The number of amides is 2. The number of carbonyl (C=O) groups is 2. The molecule has 0 saturated carbocycles. The third kappa shape index (κ3) is 2.22. The van der Waals surface area contributed by atoms with Gasteiger partial charge < -0.3 is 4.90 Å². The Labute approximate surface area is 100 Å². The highest BCUT2D eigenvalue weighted by molar-refractivity contribution is 6.13. The number of likely N-dealkylation sites (tertiary alicyclic amines) is 1. The van der Waals surface area contributed by atoms with Crippen LogP contribution in [0, 0.1) is 17.2 Å². The van der Waals surface area contributed by atoms with E-state index in [-0.39, 0.29) is 23.8 Å². The first kappa shape index (κ1) is 11.8. The minimum absolute atomic E-state index is 0.0616. The first-order valence-electron chi connectivity index (χ1n) is 5.74. The number of rotatable bonds is 2. The van der Waals surface area contributed by atoms with Crippen molar-refractivity contribution in [2.75, 3.05) is 20.1 Å². The van der Waals surface area contributed by atoms with E-state index in [2.05, 4.69) is 11.0 Å². The molecule has 2 aliphatic heterocycles. The molecule has 0 N–H and O–H groups in total. The van der Waals surface area contributed by atoms with Crippen molar-refractivity contribution in [2.45, 2.75) is 18.9 Å². The Bertz CT molecular complexity index is 392. The van der Waals surface area contributed by atoms with Gasteiger partial charge in [0.05, 0.1) is 6.07 Å². The molecule has 2 unspecified atom stereocenters. The molecule has 0 aromatic rings. The lowest BCUT2D eigenvalue weighted by Crippen LogP contribution is -2.52. The van der Waals surface area contributed by atoms with Crippen molar-refractivity contribution in [3.63, 3.8) is 0 Å². The molecule has 2 amide bonds. The largest absolute Gasteiger partial charge is 0.306 e. The van der Waals surface area contributed by atoms with Crippen LogP contribution in [-0.4, -0.2) is 47.8 Å². The summed E-state index contributed by atoms with van der Waals surface area (Å²) in [7, 11) is 1.99. The van der Waals surface area contributed by atoms with E-state index >= 15 is 0 Å². The molecule has 2 heterocycles. The highest BCUT2D eigenvalue weighted by Gasteiger charge is 2.38. The molecule has 1 saturated heterocycles. The third-order valence-corrected chi connectivity index (χ3v) is 3.43. The van der Waals surface area contributed by atoms with Crippen LogP contribution in [0.1, 0.15) is 12.8 Å². The topological polar surface area (TPSA) is 64.4 Å². The molecular formula is C12H15N3O2. The average molecular weight is 233 g/mol. The average Bonchev–Trinajstić information content (AvgIpc) is 2.61. The minimum Gasteiger partial charge on any atom is -0.306 e. The molecule has 0 aliphatic carbocycles. The summed E-state index contributed by atoms with van der Waals surface area (Å²) in [6.45, 7) is 1.61. The lowest BCUT2D eigenvalue weighted by atomic mass is 9.89. The van der Waals surface area contributed by atoms with Crippen LogP contribution in [0.15, 0.2) is 12.2 Å². The van der Waals surface area contributed by atoms with Crippen molar-refractivity contribution in [3.8, 4) is 6.07 Å². The number of piperidine rings is 1. The van der Waals surface area contributed by atoms with Gasteiger partial charge >= 0.3 is 0 Å². The fraction of sp³-hybridized carbons (Fsp3) is 0.583. The number of nitrogens with zero attached hydrogens (tertiary/aromatic N) is 3. The van der Waals surface area contributed by atoms with Gasteiger partial charge in [0.2, 0.25) is 0 Å². The van der Waals surface area contributed by atoms with Crippen LogP contribution in [0.3, 0.4) is 0 Å². The quantitative estimate of drug-likeness (QED) is 0.637. The van der Waals surface area contributed by atoms with Gasteiger partial charge in [-0.2, -0.15) is 5.26 Å². The predicted molar refractivity (Wildman–Crippen MR) is 60.6 cm³/mol. The maximum absolute atomic E-state index is 11.6. The summed E-state index contributed by atoms with van der Waals surface area (Å²) in [6, 6.07) is 2.02. The highest BCUT2D eigenvalue weighted by atomic mass is 16.2. The number of hydrogen-bond donors (Lipinski definition) is 0. The Morgan fingerprint density at radius 3 is 2.65 bits per heavy atom. The van der Waals surface area contributed by atoms with Gasteiger partial charge in [-0.1, -0.05) is 0 Å². The van der Waals surface area contributed by atoms with Crippen molar-refractivity contribution >= 4 is 11.8 Å². The van der Waals surface area contributed by atoms with E-state index in [0.29, 0.717) is 6.42 Å². The smallest absolute Gasteiger partial charge is 0.253 e. The fourth-order valence-electron chi connectivity index (χ4n) is 2.60. The first-order valence-corrected chi connectivity index (χ1v) is 5.74. The van der Waals surface area contributed by atoms with Crippen molar-refractivity contribution in [1.82, 2.24) is 9.80 Å². The van der Waals surface area contributed by atoms with Gasteiger partial charge in [-0.15, -0.1) is 0 Å². The summed E-state index contributed by atoms with van der Waals surface area (Å²) in [4.78, 5) is 26.7. The van der Waals surface area contributed by atoms with Gasteiger partial charge in [0.25, 0.3) is 11.8 Å². The molecule has 5 heteroatoms. The maximum atomic E-state index is 11.6. The summed E-state index contributed by atoms with van der Waals surface area (Å²) in [5.74, 6) is -0.425. The van der Waals surface area contributed by atoms with E-state index in [4.69, 9.17) is 5.26 Å². The molecular weight excluding hydrogens is 218 g/mol. The van der Waals surface area contributed by atoms with E-state index in [1.54, 1.807) is 0 Å². The zero-order chi connectivity index (χ0) is 12.4. The van der Waals surface area contributed by atoms with Gasteiger partial charge in [-0.05, 0) is 20.0 Å². The molecule has 90 valence electrons. The van der Waals surface area contributed by atoms with E-state index in [1.807, 2.05) is 7.05 Å². The molecule has 5 nitrogen and oxygen atoms in total. The lowest BCUT2D eigenvalue weighted by molar-refractivity contribution is -0.142. The SMILES string of the molecule is CN1CCC(N2C(=O)C=CC2=O)C(CC#N)C1. The molecule has 0 aromatic carbocycles. The zero-order valence-corrected chi connectivity index (χ0v) is 9.80. The molecule has 2 rings (SSSR count). The number of hydrogen-bond acceptors (Lipinski definition) is 4. The minimum atomic E-state index is -0.243. The Kier molecular flexibility index (Phi) is 3.25. The van der Waals surface area contributed by atoms with Crippen LogP contribution < -0.4 is 0 Å². The predicted octanol–water partition coefficient (Wildman–Crippen LogP) is 0.145. The van der Waals surface area contributed by atoms with Crippen LogP contribution in [0.2, 0.25) is 0 Å². The van der Waals surface area contributed by atoms with Crippen molar-refractivity contribution in [1.29, 1.82) is 5.26 Å². The number of nitriles is 1. The van der Waals surface area contributed by atoms with E-state index in [1.165, 1.54) is 17.1 Å². The maximum Gasteiger partial charge on any atom is 0.253 e. The number of carbonyl (C=O) groups excluding carboxylic acids is 2. The third-order valence-electron chi connectivity index (χ3n) is 3.43. The van der Waals surface area contributed by atoms with Crippen molar-refractivity contribution in [3.05, 3.63) is 12.2 Å². The zero-order valence-electron chi connectivity index (χ0n) is 9.80. The molecule has 0 spiro atoms. The second-order valence-corrected chi connectivity index (χ2v) is 4.62. The van der Waals surface area contributed by atoms with Gasteiger partial charge in [0, 0.05) is 37.1 Å². The van der Waals surface area contributed by atoms with Crippen LogP contribution in [0.4, 0.5) is 0 Å². The van der Waals surface area contributed by atoms with E-state index < -0.39 is 0 Å². The van der Waals surface area contributed by atoms with E-state index in [0.717, 1.165) is 19.5 Å². The molecule has 17 heavy (non-hydrogen) atoms. The molecule has 0 radical (unpaired) electrons. The molecule has 0 aromatic heterocycles. The van der Waals surface area contributed by atoms with Gasteiger partial charge in [0.1, 0.15) is 0 Å². The Balaban J connectivity index is 2.15. The second kappa shape index (κ2) is 4.68. The monoisotopic (exact) mass is 233 g/mol. The normalized spacial score (nSPS) is 29.8. The van der Waals surface area contributed by atoms with Crippen molar-refractivity contribution in [2.24, 2.45) is 5.92 Å². The summed E-state index contributed by atoms with van der Waals surface area (Å²) in [6.07, 6.45) is 3.75. The van der Waals surface area contributed by atoms with Gasteiger partial charge in [-0.3, -0.25) is 14.5 Å². The molecule has 2 atom stereocenters. The standard InChI is InChI=1S/C12H15N3O2/c1-14-7-5-10(9(8-14)4-6-13)15-11(16)2-3-12(15)17/h2-3,9-10H,4-5,7-8H2,1H3. The summed E-state index contributed by atoms with van der Waals surface area (Å²) in [5.41, 5.74) is 0. The molecule has 0 bridgehead atoms. The van der Waals surface area contributed by atoms with E-state index in [9.17, 15) is 9.59 Å². The van der Waals surface area contributed by atoms with Crippen LogP contribution in [0.25, 0.3) is 0 Å². The lowest BCUT2D eigenvalue weighted by Gasteiger charge is -2.39. The molecule has 2 aliphatic rings. The highest BCUT2D eigenvalue weighted by Crippen LogP contribution is 2.26. The van der Waals surface area contributed by atoms with Crippen LogP contribution in [0.5, 0.6) is 0 Å². The Hall–Kier alpha value is -1.67. The van der Waals surface area contributed by atoms with Gasteiger partial charge in [0.15, 0.2) is 0 Å². The van der Waals surface area contributed by atoms with Crippen LogP contribution in [-0.2, 0) is 9.59 Å². The van der Waals surface area contributed by atoms with Gasteiger partial charge in [-0.25, -0.2) is 0 Å². The summed E-state index contributed by atoms with van der Waals surface area (Å²) in [5, 5.41) is 8.82. The second-order valence-electron chi connectivity index (χ2n) is 4.62. The molecule has 1 fully saturated rings. The number of imide groups is 1.